The first-order valence-electron chi connectivity index (χ1n) is 10.3. The van der Waals surface area contributed by atoms with Gasteiger partial charge in [0.05, 0.1) is 12.7 Å². The van der Waals surface area contributed by atoms with Crippen LogP contribution in [0.4, 0.5) is 0 Å². The molecule has 0 aliphatic rings. The number of methoxy groups -OCH3 is 1. The molecule has 30 heavy (non-hydrogen) atoms. The number of carboxylic acid groups (broad SMARTS) is 1. The van der Waals surface area contributed by atoms with Crippen LogP contribution in [0.15, 0.2) is 66.7 Å². The van der Waals surface area contributed by atoms with Gasteiger partial charge in [-0.2, -0.15) is 0 Å². The highest BCUT2D eigenvalue weighted by Crippen LogP contribution is 2.37. The summed E-state index contributed by atoms with van der Waals surface area (Å²) in [5, 5.41) is 9.28. The molecule has 0 fully saturated rings. The van der Waals surface area contributed by atoms with Crippen molar-refractivity contribution in [3.05, 3.63) is 83.4 Å². The van der Waals surface area contributed by atoms with E-state index in [9.17, 15) is 9.90 Å². The zero-order valence-electron chi connectivity index (χ0n) is 17.7. The van der Waals surface area contributed by atoms with E-state index in [1.807, 2.05) is 55.5 Å². The quantitative estimate of drug-likeness (QED) is 0.432. The monoisotopic (exact) mass is 404 g/mol. The fourth-order valence-corrected chi connectivity index (χ4v) is 3.54. The maximum absolute atomic E-state index is 11.3. The summed E-state index contributed by atoms with van der Waals surface area (Å²) in [7, 11) is 1.64. The summed E-state index contributed by atoms with van der Waals surface area (Å²) >= 11 is 0. The molecule has 3 rings (SSSR count). The summed E-state index contributed by atoms with van der Waals surface area (Å²) in [6, 6.07) is 21.4. The minimum Gasteiger partial charge on any atom is -0.493 e. The van der Waals surface area contributed by atoms with Crippen LogP contribution in [0.25, 0.3) is 11.1 Å². The van der Waals surface area contributed by atoms with E-state index < -0.39 is 5.97 Å². The zero-order valence-corrected chi connectivity index (χ0v) is 17.7. The van der Waals surface area contributed by atoms with Crippen LogP contribution in [0.3, 0.4) is 0 Å². The molecule has 0 heterocycles. The third kappa shape index (κ3) is 5.01. The molecule has 0 bridgehead atoms. The van der Waals surface area contributed by atoms with E-state index in [4.69, 9.17) is 9.47 Å². The highest BCUT2D eigenvalue weighted by atomic mass is 16.5. The Balaban J connectivity index is 1.95. The minimum absolute atomic E-state index is 0.0635. The van der Waals surface area contributed by atoms with Gasteiger partial charge in [-0.15, -0.1) is 0 Å². The van der Waals surface area contributed by atoms with Crippen molar-refractivity contribution in [1.29, 1.82) is 0 Å². The fraction of sp³-hybridized carbons (Fsp3) is 0.269. The van der Waals surface area contributed by atoms with Crippen LogP contribution in [0.1, 0.15) is 53.8 Å². The molecule has 3 aromatic carbocycles. The van der Waals surface area contributed by atoms with Crippen LogP contribution in [0.5, 0.6) is 11.5 Å². The van der Waals surface area contributed by atoms with Gasteiger partial charge in [-0.1, -0.05) is 61.9 Å². The first-order valence-corrected chi connectivity index (χ1v) is 10.3. The third-order valence-corrected chi connectivity index (χ3v) is 5.21. The molecule has 0 saturated carbocycles. The summed E-state index contributed by atoms with van der Waals surface area (Å²) in [6.45, 7) is 3.98. The van der Waals surface area contributed by atoms with Crippen molar-refractivity contribution in [1.82, 2.24) is 0 Å². The summed E-state index contributed by atoms with van der Waals surface area (Å²) < 4.78 is 12.0. The second-order valence-corrected chi connectivity index (χ2v) is 7.36. The van der Waals surface area contributed by atoms with Crippen molar-refractivity contribution >= 4 is 5.97 Å². The van der Waals surface area contributed by atoms with Crippen molar-refractivity contribution < 1.29 is 19.4 Å². The van der Waals surface area contributed by atoms with Gasteiger partial charge in [-0.25, -0.2) is 4.79 Å². The molecule has 0 unspecified atom stereocenters. The van der Waals surface area contributed by atoms with Gasteiger partial charge in [-0.05, 0) is 60.2 Å². The van der Waals surface area contributed by atoms with E-state index >= 15 is 0 Å². The van der Waals surface area contributed by atoms with Crippen molar-refractivity contribution in [2.24, 2.45) is 0 Å². The Bertz CT molecular complexity index is 995. The molecule has 4 heteroatoms. The first kappa shape index (κ1) is 21.4. The van der Waals surface area contributed by atoms with Gasteiger partial charge >= 0.3 is 5.97 Å². The van der Waals surface area contributed by atoms with E-state index in [1.54, 1.807) is 13.2 Å². The topological polar surface area (TPSA) is 55.8 Å². The number of ether oxygens (including phenoxy) is 2. The third-order valence-electron chi connectivity index (χ3n) is 5.21. The molecular weight excluding hydrogens is 376 g/mol. The van der Waals surface area contributed by atoms with Gasteiger partial charge in [0.25, 0.3) is 0 Å². The molecule has 4 nitrogen and oxygen atoms in total. The Kier molecular flexibility index (Phi) is 7.12. The number of hydrogen-bond acceptors (Lipinski definition) is 3. The summed E-state index contributed by atoms with van der Waals surface area (Å²) in [6.07, 6.45) is 3.02. The molecule has 1 N–H and O–H groups in total. The first-order chi connectivity index (χ1) is 14.5. The van der Waals surface area contributed by atoms with E-state index in [2.05, 4.69) is 19.1 Å². The number of aromatic carboxylic acids is 1. The number of unbranched alkanes of at least 4 members (excludes halogenated alkanes) is 1. The maximum atomic E-state index is 11.3. The van der Waals surface area contributed by atoms with Crippen molar-refractivity contribution in [3.8, 4) is 22.6 Å². The van der Waals surface area contributed by atoms with Crippen LogP contribution in [-0.2, 0) is 0 Å². The Labute approximate surface area is 178 Å². The number of hydrogen-bond donors (Lipinski definition) is 1. The summed E-state index contributed by atoms with van der Waals surface area (Å²) in [5.74, 6) is 0.439. The molecule has 3 aromatic rings. The standard InChI is InChI=1S/C26H28O4/c1-4-5-11-23(19-9-7-6-8-10-19)30-25-17-21(13-15-24(25)29-3)20-12-14-22(26(27)28)18(2)16-20/h6-10,12-17,23H,4-5,11H2,1-3H3,(H,27,28)/t23-/m0/s1. The SMILES string of the molecule is CCCC[C@H](Oc1cc(-c2ccc(C(=O)O)c(C)c2)ccc1OC)c1ccccc1. The molecular formula is C26H28O4. The van der Waals surface area contributed by atoms with Gasteiger partial charge in [0, 0.05) is 0 Å². The highest BCUT2D eigenvalue weighted by Gasteiger charge is 2.17. The zero-order chi connectivity index (χ0) is 21.5. The number of carboxylic acids is 1. The molecule has 0 amide bonds. The molecule has 0 aromatic heterocycles. The number of carbonyl (C=O) groups is 1. The van der Waals surface area contributed by atoms with E-state index in [0.29, 0.717) is 17.1 Å². The lowest BCUT2D eigenvalue weighted by atomic mass is 9.99. The van der Waals surface area contributed by atoms with Gasteiger partial charge in [0.2, 0.25) is 0 Å². The predicted octanol–water partition coefficient (Wildman–Crippen LogP) is 6.68. The number of rotatable bonds is 9. The molecule has 0 aliphatic carbocycles. The normalized spacial score (nSPS) is 11.7. The van der Waals surface area contributed by atoms with Crippen LogP contribution in [0.2, 0.25) is 0 Å². The molecule has 0 aliphatic heterocycles. The smallest absolute Gasteiger partial charge is 0.335 e. The van der Waals surface area contributed by atoms with Crippen LogP contribution >= 0.6 is 0 Å². The largest absolute Gasteiger partial charge is 0.493 e. The second kappa shape index (κ2) is 9.97. The molecule has 1 atom stereocenters. The summed E-state index contributed by atoms with van der Waals surface area (Å²) in [5.41, 5.74) is 4.07. The Hall–Kier alpha value is -3.27. The molecule has 0 spiro atoms. The van der Waals surface area contributed by atoms with Crippen molar-refractivity contribution in [2.75, 3.05) is 7.11 Å². The Morgan fingerprint density at radius 2 is 1.67 bits per heavy atom. The minimum atomic E-state index is -0.917. The lowest BCUT2D eigenvalue weighted by Gasteiger charge is -2.21. The van der Waals surface area contributed by atoms with Crippen LogP contribution in [0, 0.1) is 6.92 Å². The molecule has 156 valence electrons. The van der Waals surface area contributed by atoms with Crippen LogP contribution < -0.4 is 9.47 Å². The second-order valence-electron chi connectivity index (χ2n) is 7.36. The lowest BCUT2D eigenvalue weighted by Crippen LogP contribution is -2.08. The molecule has 0 saturated heterocycles. The van der Waals surface area contributed by atoms with E-state index in [0.717, 1.165) is 41.5 Å². The Morgan fingerprint density at radius 1 is 0.967 bits per heavy atom. The Morgan fingerprint density at radius 3 is 2.30 bits per heavy atom. The van der Waals surface area contributed by atoms with Crippen LogP contribution in [-0.4, -0.2) is 18.2 Å². The fourth-order valence-electron chi connectivity index (χ4n) is 3.54. The lowest BCUT2D eigenvalue weighted by molar-refractivity contribution is 0.0696. The predicted molar refractivity (Wildman–Crippen MR) is 119 cm³/mol. The van der Waals surface area contributed by atoms with Crippen molar-refractivity contribution in [3.63, 3.8) is 0 Å². The average molecular weight is 405 g/mol. The summed E-state index contributed by atoms with van der Waals surface area (Å²) in [4.78, 5) is 11.3. The number of benzene rings is 3. The van der Waals surface area contributed by atoms with E-state index in [1.165, 1.54) is 0 Å². The maximum Gasteiger partial charge on any atom is 0.335 e. The van der Waals surface area contributed by atoms with Gasteiger partial charge in [-0.3, -0.25) is 0 Å². The van der Waals surface area contributed by atoms with Gasteiger partial charge < -0.3 is 14.6 Å². The molecule has 0 radical (unpaired) electrons. The highest BCUT2D eigenvalue weighted by molar-refractivity contribution is 5.90. The van der Waals surface area contributed by atoms with Gasteiger partial charge in [0.1, 0.15) is 6.10 Å². The van der Waals surface area contributed by atoms with Gasteiger partial charge in [0.15, 0.2) is 11.5 Å². The number of aryl methyl sites for hydroxylation is 1. The average Bonchev–Trinajstić information content (AvgIpc) is 2.76. The van der Waals surface area contributed by atoms with Crippen molar-refractivity contribution in [2.45, 2.75) is 39.2 Å². The van der Waals surface area contributed by atoms with E-state index in [-0.39, 0.29) is 6.10 Å².